The van der Waals surface area contributed by atoms with Gasteiger partial charge in [-0.2, -0.15) is 0 Å². The third-order valence-corrected chi connectivity index (χ3v) is 6.31. The first-order chi connectivity index (χ1) is 10.1. The summed E-state index contributed by atoms with van der Waals surface area (Å²) in [7, 11) is -3.47. The zero-order chi connectivity index (χ0) is 15.0. The number of benzene rings is 2. The number of hydrogen-bond donors (Lipinski definition) is 0. The predicted molar refractivity (Wildman–Crippen MR) is 80.9 cm³/mol. The van der Waals surface area contributed by atoms with Crippen LogP contribution in [-0.2, 0) is 14.6 Å². The van der Waals surface area contributed by atoms with Crippen LogP contribution in [0, 0.1) is 12.8 Å². The average Bonchev–Trinajstić information content (AvgIpc) is 3.24. The van der Waals surface area contributed by atoms with Crippen LogP contribution in [0.1, 0.15) is 17.0 Å². The summed E-state index contributed by atoms with van der Waals surface area (Å²) in [6, 6.07) is 16.1. The van der Waals surface area contributed by atoms with Gasteiger partial charge in [-0.1, -0.05) is 48.0 Å². The number of hydrogen-bond acceptors (Lipinski definition) is 3. The summed E-state index contributed by atoms with van der Waals surface area (Å²) in [5.74, 6) is -0.675. The fourth-order valence-electron chi connectivity index (χ4n) is 2.84. The summed E-state index contributed by atoms with van der Waals surface area (Å²) < 4.78 is 25.3. The molecule has 0 aromatic heterocycles. The third kappa shape index (κ3) is 2.40. The molecule has 1 aliphatic carbocycles. The van der Waals surface area contributed by atoms with Crippen molar-refractivity contribution in [2.75, 3.05) is 0 Å². The molecule has 0 radical (unpaired) electrons. The summed E-state index contributed by atoms with van der Waals surface area (Å²) in [6.45, 7) is 1.98. The van der Waals surface area contributed by atoms with E-state index in [-0.39, 0.29) is 10.8 Å². The van der Waals surface area contributed by atoms with Gasteiger partial charge >= 0.3 is 0 Å². The largest absolute Gasteiger partial charge is 0.303 e. The first kappa shape index (κ1) is 14.0. The van der Waals surface area contributed by atoms with Crippen molar-refractivity contribution >= 4 is 16.1 Å². The summed E-state index contributed by atoms with van der Waals surface area (Å²) in [5.41, 5.74) is 2.03. The van der Waals surface area contributed by atoms with E-state index in [4.69, 9.17) is 0 Å². The molecule has 21 heavy (non-hydrogen) atoms. The van der Waals surface area contributed by atoms with Crippen LogP contribution in [0.2, 0.25) is 0 Å². The van der Waals surface area contributed by atoms with Gasteiger partial charge in [0.1, 0.15) is 6.29 Å². The Kier molecular flexibility index (Phi) is 3.41. The van der Waals surface area contributed by atoms with Gasteiger partial charge in [0, 0.05) is 11.8 Å². The van der Waals surface area contributed by atoms with Gasteiger partial charge in [0.2, 0.25) is 0 Å². The summed E-state index contributed by atoms with van der Waals surface area (Å²) in [5, 5.41) is -0.639. The monoisotopic (exact) mass is 300 g/mol. The first-order valence-electron chi connectivity index (χ1n) is 6.86. The van der Waals surface area contributed by atoms with Crippen LogP contribution in [0.3, 0.4) is 0 Å². The topological polar surface area (TPSA) is 51.2 Å². The molecule has 0 unspecified atom stereocenters. The van der Waals surface area contributed by atoms with Gasteiger partial charge < -0.3 is 4.79 Å². The predicted octanol–water partition coefficient (Wildman–Crippen LogP) is 2.75. The molecule has 1 fully saturated rings. The molecule has 0 bridgehead atoms. The number of aryl methyl sites for hydroxylation is 1. The minimum atomic E-state index is -3.47. The van der Waals surface area contributed by atoms with Crippen molar-refractivity contribution in [3.63, 3.8) is 0 Å². The lowest BCUT2D eigenvalue weighted by Crippen LogP contribution is -2.10. The van der Waals surface area contributed by atoms with Crippen LogP contribution >= 0.6 is 0 Å². The van der Waals surface area contributed by atoms with Gasteiger partial charge in [-0.3, -0.25) is 0 Å². The van der Waals surface area contributed by atoms with Crippen LogP contribution < -0.4 is 0 Å². The third-order valence-electron chi connectivity index (χ3n) is 4.06. The van der Waals surface area contributed by atoms with Crippen LogP contribution in [0.5, 0.6) is 0 Å². The number of carbonyl (C=O) groups is 1. The van der Waals surface area contributed by atoms with Crippen LogP contribution in [0.15, 0.2) is 59.5 Å². The van der Waals surface area contributed by atoms with E-state index in [0.29, 0.717) is 0 Å². The van der Waals surface area contributed by atoms with E-state index >= 15 is 0 Å². The fraction of sp³-hybridized carbons (Fsp3) is 0.235. The smallest absolute Gasteiger partial charge is 0.182 e. The van der Waals surface area contributed by atoms with Crippen LogP contribution in [0.4, 0.5) is 0 Å². The molecule has 0 aliphatic heterocycles. The zero-order valence-electron chi connectivity index (χ0n) is 11.6. The molecular formula is C17H16O3S. The SMILES string of the molecule is Cc1ccc([C@H]2[C@@H](C=O)[C@@H]2S(=O)(=O)c2ccccc2)cc1. The quantitative estimate of drug-likeness (QED) is 0.816. The van der Waals surface area contributed by atoms with Crippen molar-refractivity contribution in [3.8, 4) is 0 Å². The molecule has 3 nitrogen and oxygen atoms in total. The second kappa shape index (κ2) is 5.11. The summed E-state index contributed by atoms with van der Waals surface area (Å²) in [4.78, 5) is 11.5. The van der Waals surface area contributed by atoms with Gasteiger partial charge in [0.15, 0.2) is 9.84 Å². The maximum Gasteiger partial charge on any atom is 0.182 e. The lowest BCUT2D eigenvalue weighted by atomic mass is 10.1. The van der Waals surface area contributed by atoms with Gasteiger partial charge in [0.05, 0.1) is 10.1 Å². The highest BCUT2D eigenvalue weighted by molar-refractivity contribution is 7.92. The van der Waals surface area contributed by atoms with E-state index in [9.17, 15) is 13.2 Å². The van der Waals surface area contributed by atoms with E-state index in [1.54, 1.807) is 30.3 Å². The molecule has 2 aromatic rings. The van der Waals surface area contributed by atoms with E-state index in [1.807, 2.05) is 31.2 Å². The lowest BCUT2D eigenvalue weighted by molar-refractivity contribution is -0.108. The fourth-order valence-corrected chi connectivity index (χ4v) is 4.97. The highest BCUT2D eigenvalue weighted by Crippen LogP contribution is 2.52. The Hall–Kier alpha value is -1.94. The maximum atomic E-state index is 12.7. The molecule has 4 heteroatoms. The first-order valence-corrected chi connectivity index (χ1v) is 8.41. The number of sulfone groups is 1. The molecule has 3 atom stereocenters. The lowest BCUT2D eigenvalue weighted by Gasteiger charge is -2.04. The molecule has 3 rings (SSSR count). The molecule has 0 amide bonds. The molecule has 108 valence electrons. The second-order valence-corrected chi connectivity index (χ2v) is 7.58. The highest BCUT2D eigenvalue weighted by atomic mass is 32.2. The number of aldehydes is 1. The summed E-state index contributed by atoms with van der Waals surface area (Å²) >= 11 is 0. The van der Waals surface area contributed by atoms with Crippen molar-refractivity contribution in [2.24, 2.45) is 5.92 Å². The van der Waals surface area contributed by atoms with Crippen molar-refractivity contribution in [1.29, 1.82) is 0 Å². The zero-order valence-corrected chi connectivity index (χ0v) is 12.5. The summed E-state index contributed by atoms with van der Waals surface area (Å²) in [6.07, 6.45) is 0.773. The molecule has 2 aromatic carbocycles. The maximum absolute atomic E-state index is 12.7. The molecule has 0 heterocycles. The number of carbonyl (C=O) groups excluding carboxylic acids is 1. The minimum Gasteiger partial charge on any atom is -0.303 e. The van der Waals surface area contributed by atoms with E-state index in [2.05, 4.69) is 0 Å². The Morgan fingerprint density at radius 2 is 1.57 bits per heavy atom. The van der Waals surface area contributed by atoms with E-state index < -0.39 is 21.0 Å². The average molecular weight is 300 g/mol. The Morgan fingerprint density at radius 1 is 0.952 bits per heavy atom. The van der Waals surface area contributed by atoms with Crippen molar-refractivity contribution in [1.82, 2.24) is 0 Å². The van der Waals surface area contributed by atoms with Crippen LogP contribution in [-0.4, -0.2) is 20.0 Å². The van der Waals surface area contributed by atoms with Crippen molar-refractivity contribution in [2.45, 2.75) is 23.0 Å². The van der Waals surface area contributed by atoms with Gasteiger partial charge in [-0.05, 0) is 24.6 Å². The Morgan fingerprint density at radius 3 is 2.14 bits per heavy atom. The highest BCUT2D eigenvalue weighted by Gasteiger charge is 2.58. The number of rotatable bonds is 4. The standard InChI is InChI=1S/C17H16O3S/c1-12-7-9-13(10-8-12)16-15(11-18)17(16)21(19,20)14-5-3-2-4-6-14/h2-11,15-17H,1H3/t15-,16+,17+/m1/s1. The normalized spacial score (nSPS) is 24.5. The Bertz CT molecular complexity index is 748. The van der Waals surface area contributed by atoms with Gasteiger partial charge in [0.25, 0.3) is 0 Å². The molecule has 0 spiro atoms. The van der Waals surface area contributed by atoms with Gasteiger partial charge in [-0.15, -0.1) is 0 Å². The van der Waals surface area contributed by atoms with Crippen molar-refractivity contribution in [3.05, 3.63) is 65.7 Å². The second-order valence-electron chi connectivity index (χ2n) is 5.47. The molecular weight excluding hydrogens is 284 g/mol. The molecule has 0 saturated heterocycles. The Balaban J connectivity index is 1.96. The van der Waals surface area contributed by atoms with Crippen molar-refractivity contribution < 1.29 is 13.2 Å². The van der Waals surface area contributed by atoms with Crippen LogP contribution in [0.25, 0.3) is 0 Å². The minimum absolute atomic E-state index is 0.228. The van der Waals surface area contributed by atoms with E-state index in [1.165, 1.54) is 0 Å². The Labute approximate surface area is 124 Å². The van der Waals surface area contributed by atoms with E-state index in [0.717, 1.165) is 17.4 Å². The molecule has 1 aliphatic rings. The van der Waals surface area contributed by atoms with Gasteiger partial charge in [-0.25, -0.2) is 8.42 Å². The molecule has 1 saturated carbocycles. The molecule has 0 N–H and O–H groups in total.